The lowest BCUT2D eigenvalue weighted by molar-refractivity contribution is -0.00123. The van der Waals surface area contributed by atoms with Crippen LogP contribution in [0, 0.1) is 5.92 Å². The summed E-state index contributed by atoms with van der Waals surface area (Å²) in [5.41, 5.74) is 8.59. The first-order chi connectivity index (χ1) is 12.2. The van der Waals surface area contributed by atoms with Gasteiger partial charge in [0.1, 0.15) is 0 Å². The Balaban J connectivity index is 1.57. The monoisotopic (exact) mass is 340 g/mol. The minimum atomic E-state index is -0.698. The van der Waals surface area contributed by atoms with Crippen molar-refractivity contribution < 1.29 is 10.2 Å². The Morgan fingerprint density at radius 2 is 1.64 bits per heavy atom. The molecule has 134 valence electrons. The van der Waals surface area contributed by atoms with Gasteiger partial charge in [-0.3, -0.25) is 4.90 Å². The van der Waals surface area contributed by atoms with Crippen LogP contribution in [-0.4, -0.2) is 40.9 Å². The number of benzene rings is 2. The van der Waals surface area contributed by atoms with Crippen molar-refractivity contribution in [2.45, 2.75) is 31.4 Å². The molecule has 4 heteroatoms. The molecule has 2 atom stereocenters. The SMILES string of the molecule is Nc1ccc(C(O)C(CO)N2CCC(Cc3ccccc3)CC2)cc1. The number of likely N-dealkylation sites (tertiary alicyclic amines) is 1. The quantitative estimate of drug-likeness (QED) is 0.707. The van der Waals surface area contributed by atoms with E-state index in [9.17, 15) is 10.2 Å². The Hall–Kier alpha value is -1.88. The number of nitrogens with two attached hydrogens (primary N) is 1. The molecule has 0 aliphatic carbocycles. The summed E-state index contributed by atoms with van der Waals surface area (Å²) in [6.07, 6.45) is 2.61. The van der Waals surface area contributed by atoms with Gasteiger partial charge in [-0.2, -0.15) is 0 Å². The fraction of sp³-hybridized carbons (Fsp3) is 0.429. The molecule has 2 aromatic rings. The van der Waals surface area contributed by atoms with Gasteiger partial charge in [0.15, 0.2) is 0 Å². The molecule has 0 amide bonds. The average molecular weight is 340 g/mol. The predicted octanol–water partition coefficient (Wildman–Crippen LogP) is 2.62. The zero-order valence-corrected chi connectivity index (χ0v) is 14.6. The molecule has 25 heavy (non-hydrogen) atoms. The Morgan fingerprint density at radius 3 is 2.24 bits per heavy atom. The summed E-state index contributed by atoms with van der Waals surface area (Å²) in [6, 6.07) is 17.6. The molecule has 0 aromatic heterocycles. The zero-order valence-electron chi connectivity index (χ0n) is 14.6. The van der Waals surface area contributed by atoms with Crippen LogP contribution >= 0.6 is 0 Å². The van der Waals surface area contributed by atoms with E-state index in [1.807, 2.05) is 12.1 Å². The van der Waals surface area contributed by atoms with Gasteiger partial charge in [-0.05, 0) is 61.5 Å². The number of nitrogen functional groups attached to an aromatic ring is 1. The maximum atomic E-state index is 10.7. The first-order valence-corrected chi connectivity index (χ1v) is 9.09. The van der Waals surface area contributed by atoms with Gasteiger partial charge in [-0.15, -0.1) is 0 Å². The zero-order chi connectivity index (χ0) is 17.6. The smallest absolute Gasteiger partial charge is 0.0967 e. The van der Waals surface area contributed by atoms with Crippen molar-refractivity contribution in [3.63, 3.8) is 0 Å². The highest BCUT2D eigenvalue weighted by Crippen LogP contribution is 2.28. The summed E-state index contributed by atoms with van der Waals surface area (Å²) in [7, 11) is 0. The van der Waals surface area contributed by atoms with Crippen LogP contribution < -0.4 is 5.73 Å². The Bertz CT molecular complexity index is 637. The molecular weight excluding hydrogens is 312 g/mol. The van der Waals surface area contributed by atoms with E-state index in [-0.39, 0.29) is 12.6 Å². The molecule has 4 N–H and O–H groups in total. The number of hydrogen-bond donors (Lipinski definition) is 3. The van der Waals surface area contributed by atoms with Crippen molar-refractivity contribution >= 4 is 5.69 Å². The first kappa shape index (κ1) is 17.9. The lowest BCUT2D eigenvalue weighted by atomic mass is 9.88. The molecule has 0 saturated carbocycles. The molecule has 4 nitrogen and oxygen atoms in total. The van der Waals surface area contributed by atoms with Crippen LogP contribution in [0.15, 0.2) is 54.6 Å². The van der Waals surface area contributed by atoms with Gasteiger partial charge in [-0.25, -0.2) is 0 Å². The Morgan fingerprint density at radius 1 is 1.00 bits per heavy atom. The Labute approximate surface area is 149 Å². The van der Waals surface area contributed by atoms with Crippen molar-refractivity contribution in [1.29, 1.82) is 0 Å². The molecule has 1 heterocycles. The van der Waals surface area contributed by atoms with Crippen LogP contribution in [0.25, 0.3) is 0 Å². The molecule has 1 fully saturated rings. The predicted molar refractivity (Wildman–Crippen MR) is 101 cm³/mol. The van der Waals surface area contributed by atoms with Crippen molar-refractivity contribution in [2.75, 3.05) is 25.4 Å². The second kappa shape index (κ2) is 8.48. The fourth-order valence-corrected chi connectivity index (χ4v) is 3.77. The molecule has 2 aromatic carbocycles. The first-order valence-electron chi connectivity index (χ1n) is 9.09. The van der Waals surface area contributed by atoms with E-state index < -0.39 is 6.10 Å². The summed E-state index contributed by atoms with van der Waals surface area (Å²) < 4.78 is 0. The number of rotatable bonds is 6. The second-order valence-electron chi connectivity index (χ2n) is 7.03. The van der Waals surface area contributed by atoms with Gasteiger partial charge in [-0.1, -0.05) is 42.5 Å². The third kappa shape index (κ3) is 4.60. The van der Waals surface area contributed by atoms with Crippen LogP contribution in [0.1, 0.15) is 30.1 Å². The fourth-order valence-electron chi connectivity index (χ4n) is 3.77. The maximum Gasteiger partial charge on any atom is 0.0967 e. The molecule has 0 radical (unpaired) electrons. The number of aliphatic hydroxyl groups excluding tert-OH is 2. The molecule has 0 spiro atoms. The van der Waals surface area contributed by atoms with Crippen LogP contribution in [0.5, 0.6) is 0 Å². The molecule has 1 saturated heterocycles. The summed E-state index contributed by atoms with van der Waals surface area (Å²) in [5.74, 6) is 0.673. The summed E-state index contributed by atoms with van der Waals surface area (Å²) >= 11 is 0. The normalized spacial score (nSPS) is 18.8. The van der Waals surface area contributed by atoms with Gasteiger partial charge in [0.25, 0.3) is 0 Å². The van der Waals surface area contributed by atoms with Crippen molar-refractivity contribution in [3.05, 3.63) is 65.7 Å². The van der Waals surface area contributed by atoms with E-state index in [4.69, 9.17) is 5.73 Å². The average Bonchev–Trinajstić information content (AvgIpc) is 2.65. The van der Waals surface area contributed by atoms with E-state index in [0.717, 1.165) is 37.9 Å². The highest BCUT2D eigenvalue weighted by atomic mass is 16.3. The minimum Gasteiger partial charge on any atom is -0.399 e. The third-order valence-electron chi connectivity index (χ3n) is 5.31. The number of hydrogen-bond acceptors (Lipinski definition) is 4. The number of piperidine rings is 1. The van der Waals surface area contributed by atoms with Crippen LogP contribution in [0.4, 0.5) is 5.69 Å². The van der Waals surface area contributed by atoms with Crippen molar-refractivity contribution in [2.24, 2.45) is 5.92 Å². The standard InChI is InChI=1S/C21H28N2O2/c22-19-8-6-18(7-9-19)21(25)20(15-24)23-12-10-17(11-13-23)14-16-4-2-1-3-5-16/h1-9,17,20-21,24-25H,10-15,22H2. The molecule has 2 unspecified atom stereocenters. The summed E-state index contributed by atoms with van der Waals surface area (Å²) in [6.45, 7) is 1.78. The van der Waals surface area contributed by atoms with E-state index in [1.54, 1.807) is 12.1 Å². The maximum absolute atomic E-state index is 10.7. The van der Waals surface area contributed by atoms with E-state index >= 15 is 0 Å². The van der Waals surface area contributed by atoms with Gasteiger partial charge >= 0.3 is 0 Å². The number of aliphatic hydroxyl groups is 2. The molecular formula is C21H28N2O2. The van der Waals surface area contributed by atoms with Crippen molar-refractivity contribution in [3.8, 4) is 0 Å². The molecule has 1 aliphatic rings. The third-order valence-corrected chi connectivity index (χ3v) is 5.31. The van der Waals surface area contributed by atoms with E-state index in [1.165, 1.54) is 5.56 Å². The summed E-state index contributed by atoms with van der Waals surface area (Å²) in [4.78, 5) is 2.22. The van der Waals surface area contributed by atoms with E-state index in [2.05, 4.69) is 35.2 Å². The molecule has 1 aliphatic heterocycles. The minimum absolute atomic E-state index is 0.0467. The largest absolute Gasteiger partial charge is 0.399 e. The van der Waals surface area contributed by atoms with Gasteiger partial charge in [0, 0.05) is 5.69 Å². The summed E-state index contributed by atoms with van der Waals surface area (Å²) in [5, 5.41) is 20.5. The highest BCUT2D eigenvalue weighted by Gasteiger charge is 2.30. The number of nitrogens with zero attached hydrogens (tertiary/aromatic N) is 1. The van der Waals surface area contributed by atoms with Gasteiger partial charge in [0.05, 0.1) is 18.8 Å². The topological polar surface area (TPSA) is 69.7 Å². The molecule has 3 rings (SSSR count). The Kier molecular flexibility index (Phi) is 6.08. The van der Waals surface area contributed by atoms with Crippen LogP contribution in [-0.2, 0) is 6.42 Å². The second-order valence-corrected chi connectivity index (χ2v) is 7.03. The van der Waals surface area contributed by atoms with Crippen LogP contribution in [0.2, 0.25) is 0 Å². The lowest BCUT2D eigenvalue weighted by Gasteiger charge is -2.39. The van der Waals surface area contributed by atoms with Gasteiger partial charge in [0.2, 0.25) is 0 Å². The number of anilines is 1. The van der Waals surface area contributed by atoms with E-state index in [0.29, 0.717) is 11.6 Å². The van der Waals surface area contributed by atoms with Crippen molar-refractivity contribution in [1.82, 2.24) is 4.90 Å². The van der Waals surface area contributed by atoms with Gasteiger partial charge < -0.3 is 15.9 Å². The highest BCUT2D eigenvalue weighted by molar-refractivity contribution is 5.40. The van der Waals surface area contributed by atoms with Crippen LogP contribution in [0.3, 0.4) is 0 Å². The lowest BCUT2D eigenvalue weighted by Crippen LogP contribution is -2.46. The molecule has 0 bridgehead atoms.